The molecule has 4 rings (SSSR count). The Bertz CT molecular complexity index is 2060. The van der Waals surface area contributed by atoms with E-state index in [0.29, 0.717) is 83.6 Å². The van der Waals surface area contributed by atoms with Crippen LogP contribution in [-0.4, -0.2) is 152 Å². The highest BCUT2D eigenvalue weighted by Gasteiger charge is 2.32. The zero-order valence-corrected chi connectivity index (χ0v) is 41.3. The van der Waals surface area contributed by atoms with Gasteiger partial charge in [0.1, 0.15) is 12.6 Å². The highest BCUT2D eigenvalue weighted by Crippen LogP contribution is 2.44. The summed E-state index contributed by atoms with van der Waals surface area (Å²) in [5, 5.41) is 20.0. The molecule has 0 fully saturated rings. The molecule has 0 unspecified atom stereocenters. The number of urea groups is 1. The van der Waals surface area contributed by atoms with Crippen LogP contribution in [0.3, 0.4) is 0 Å². The molecule has 0 radical (unpaired) electrons. The molecule has 7 N–H and O–H groups in total. The summed E-state index contributed by atoms with van der Waals surface area (Å²) in [6, 6.07) is 20.7. The molecular weight excluding hydrogens is 919 g/mol. The minimum absolute atomic E-state index is 0.00327. The topological polar surface area (TPSA) is 261 Å². The lowest BCUT2D eigenvalue weighted by Crippen LogP contribution is -2.48. The van der Waals surface area contributed by atoms with Crippen LogP contribution >= 0.6 is 0 Å². The van der Waals surface area contributed by atoms with Crippen molar-refractivity contribution in [3.05, 3.63) is 95.1 Å². The molecule has 0 saturated heterocycles. The molecule has 19 nitrogen and oxygen atoms in total. The van der Waals surface area contributed by atoms with E-state index in [1.165, 1.54) is 18.1 Å². The van der Waals surface area contributed by atoms with E-state index < -0.39 is 47.7 Å². The van der Waals surface area contributed by atoms with Crippen molar-refractivity contribution in [1.82, 2.24) is 21.3 Å². The standard InChI is InChI=1S/C52H73N5O14/c1-36(2)44(50(62)57-46(13-8-18-54-51(53)63)48(60)31-38-14-16-39(33-58)17-15-38)32-49(61)47(56-37(3)59)35-70-30-29-69-28-27-68-26-25-67-24-23-66-22-21-65-20-19-55-52(64)71-34-45-42-11-6-4-9-40(42)41-10-5-7-12-43(41)45/h4-7,9-12,14-17,36,44-47,58H,8,13,18-35H2,1-3H3,(H,55,64)(H,56,59)(H,57,62)(H3,53,54,63)/t44-,46-,47-/m0/s1. The SMILES string of the molecule is CC(=O)N[C@@H](COCCOCCOCCOCCOCCOCCNC(=O)OCC1c2ccccc2-c2ccccc21)C(=O)C[C@H](C(=O)N[C@@H](CCCNC(N)=O)C(=O)Cc1ccc(CO)cc1)C(C)C. The van der Waals surface area contributed by atoms with E-state index in [2.05, 4.69) is 45.5 Å². The third-order valence-electron chi connectivity index (χ3n) is 11.6. The Balaban J connectivity index is 1.000. The number of nitrogens with two attached hydrogens (primary N) is 1. The van der Waals surface area contributed by atoms with Gasteiger partial charge >= 0.3 is 12.1 Å². The molecule has 0 spiro atoms. The number of carbonyl (C=O) groups excluding carboxylic acids is 6. The summed E-state index contributed by atoms with van der Waals surface area (Å²) in [6.07, 6.45) is -0.0983. The number of ether oxygens (including phenoxy) is 7. The number of alkyl carbamates (subject to hydrolysis) is 1. The van der Waals surface area contributed by atoms with Gasteiger partial charge in [0, 0.05) is 44.7 Å². The van der Waals surface area contributed by atoms with Gasteiger partial charge in [0.15, 0.2) is 11.6 Å². The second kappa shape index (κ2) is 33.0. The van der Waals surface area contributed by atoms with Crippen LogP contribution in [0.5, 0.6) is 0 Å². The van der Waals surface area contributed by atoms with Gasteiger partial charge < -0.3 is 65.3 Å². The molecule has 19 heteroatoms. The zero-order valence-electron chi connectivity index (χ0n) is 41.3. The predicted octanol–water partition coefficient (Wildman–Crippen LogP) is 3.60. The fraction of sp³-hybridized carbons (Fsp3) is 0.538. The van der Waals surface area contributed by atoms with Crippen molar-refractivity contribution in [2.45, 2.75) is 71.1 Å². The molecule has 0 aliphatic heterocycles. The lowest BCUT2D eigenvalue weighted by molar-refractivity contribution is -0.135. The second-order valence-electron chi connectivity index (χ2n) is 17.3. The third-order valence-corrected chi connectivity index (χ3v) is 11.6. The van der Waals surface area contributed by atoms with Crippen LogP contribution in [0.2, 0.25) is 0 Å². The molecule has 1 aliphatic rings. The van der Waals surface area contributed by atoms with Crippen LogP contribution in [0.4, 0.5) is 9.59 Å². The Morgan fingerprint density at radius 1 is 0.620 bits per heavy atom. The summed E-state index contributed by atoms with van der Waals surface area (Å²) >= 11 is 0. The first-order valence-corrected chi connectivity index (χ1v) is 24.3. The van der Waals surface area contributed by atoms with E-state index in [0.717, 1.165) is 11.1 Å². The van der Waals surface area contributed by atoms with Gasteiger partial charge in [0.25, 0.3) is 0 Å². The molecule has 0 aromatic heterocycles. The highest BCUT2D eigenvalue weighted by molar-refractivity contribution is 5.95. The molecule has 3 aromatic carbocycles. The number of aliphatic hydroxyl groups excluding tert-OH is 1. The first-order chi connectivity index (χ1) is 34.4. The van der Waals surface area contributed by atoms with Gasteiger partial charge in [0.2, 0.25) is 11.8 Å². The summed E-state index contributed by atoms with van der Waals surface area (Å²) in [4.78, 5) is 76.2. The van der Waals surface area contributed by atoms with Crippen LogP contribution in [0.1, 0.15) is 68.2 Å². The minimum atomic E-state index is -1.01. The summed E-state index contributed by atoms with van der Waals surface area (Å²) in [5.74, 6) is -2.70. The largest absolute Gasteiger partial charge is 0.449 e. The van der Waals surface area contributed by atoms with Gasteiger partial charge in [-0.2, -0.15) is 0 Å². The van der Waals surface area contributed by atoms with Crippen LogP contribution < -0.4 is 27.0 Å². The van der Waals surface area contributed by atoms with Crippen molar-refractivity contribution in [3.8, 4) is 11.1 Å². The van der Waals surface area contributed by atoms with E-state index in [1.807, 2.05) is 24.3 Å². The first kappa shape index (κ1) is 57.8. The maximum absolute atomic E-state index is 13.7. The quantitative estimate of drug-likeness (QED) is 0.0452. The van der Waals surface area contributed by atoms with Gasteiger partial charge in [-0.25, -0.2) is 9.59 Å². The molecule has 0 heterocycles. The number of primary amides is 1. The van der Waals surface area contributed by atoms with Gasteiger partial charge in [-0.05, 0) is 52.1 Å². The number of rotatable bonds is 37. The molecule has 3 atom stereocenters. The number of hydrogen-bond donors (Lipinski definition) is 6. The fourth-order valence-corrected chi connectivity index (χ4v) is 7.82. The van der Waals surface area contributed by atoms with Crippen molar-refractivity contribution in [2.75, 3.05) is 99.0 Å². The maximum Gasteiger partial charge on any atom is 0.407 e. The summed E-state index contributed by atoms with van der Waals surface area (Å²) in [5.41, 5.74) is 11.2. The molecule has 5 amide bonds. The van der Waals surface area contributed by atoms with Gasteiger partial charge in [-0.15, -0.1) is 0 Å². The number of benzene rings is 3. The van der Waals surface area contributed by atoms with Gasteiger partial charge in [0.05, 0.1) is 91.9 Å². The Labute approximate surface area is 416 Å². The number of nitrogens with one attached hydrogen (secondary N) is 4. The van der Waals surface area contributed by atoms with Crippen LogP contribution in [0, 0.1) is 11.8 Å². The molecule has 3 aromatic rings. The van der Waals surface area contributed by atoms with Crippen molar-refractivity contribution in [3.63, 3.8) is 0 Å². The van der Waals surface area contributed by atoms with Crippen molar-refractivity contribution in [2.24, 2.45) is 17.6 Å². The van der Waals surface area contributed by atoms with Gasteiger partial charge in [-0.3, -0.25) is 19.2 Å². The van der Waals surface area contributed by atoms with E-state index in [9.17, 15) is 33.9 Å². The van der Waals surface area contributed by atoms with E-state index in [1.54, 1.807) is 38.1 Å². The average molecular weight is 992 g/mol. The lowest BCUT2D eigenvalue weighted by atomic mass is 9.87. The number of carbonyl (C=O) groups is 6. The number of amides is 5. The highest BCUT2D eigenvalue weighted by atomic mass is 16.6. The van der Waals surface area contributed by atoms with Crippen molar-refractivity contribution < 1.29 is 67.0 Å². The number of aliphatic hydroxyl groups is 1. The monoisotopic (exact) mass is 992 g/mol. The molecule has 1 aliphatic carbocycles. The first-order valence-electron chi connectivity index (χ1n) is 24.3. The maximum atomic E-state index is 13.7. The lowest BCUT2D eigenvalue weighted by Gasteiger charge is -2.26. The fourth-order valence-electron chi connectivity index (χ4n) is 7.82. The number of ketones is 2. The van der Waals surface area contributed by atoms with E-state index >= 15 is 0 Å². The Morgan fingerprint density at radius 3 is 1.66 bits per heavy atom. The van der Waals surface area contributed by atoms with Crippen LogP contribution in [0.15, 0.2) is 72.8 Å². The summed E-state index contributed by atoms with van der Waals surface area (Å²) < 4.78 is 38.9. The number of fused-ring (bicyclic) bond motifs is 3. The second-order valence-corrected chi connectivity index (χ2v) is 17.3. The zero-order chi connectivity index (χ0) is 51.2. The van der Waals surface area contributed by atoms with Crippen LogP contribution in [-0.2, 0) is 65.4 Å². The summed E-state index contributed by atoms with van der Waals surface area (Å²) in [6.45, 7) is 8.94. The van der Waals surface area contributed by atoms with E-state index in [4.69, 9.17) is 38.9 Å². The number of Topliss-reactive ketones (excluding diaryl/α,β-unsaturated/α-hetero) is 2. The van der Waals surface area contributed by atoms with Crippen LogP contribution in [0.25, 0.3) is 11.1 Å². The normalized spacial score (nSPS) is 13.1. The molecule has 0 saturated carbocycles. The Hall–Kier alpha value is -5.80. The molecule has 390 valence electrons. The van der Waals surface area contributed by atoms with Crippen molar-refractivity contribution >= 4 is 35.5 Å². The Morgan fingerprint density at radius 2 is 1.14 bits per heavy atom. The summed E-state index contributed by atoms with van der Waals surface area (Å²) in [7, 11) is 0. The van der Waals surface area contributed by atoms with Crippen molar-refractivity contribution in [1.29, 1.82) is 0 Å². The predicted molar refractivity (Wildman–Crippen MR) is 263 cm³/mol. The van der Waals surface area contributed by atoms with E-state index in [-0.39, 0.29) is 76.5 Å². The number of hydrogen-bond acceptors (Lipinski definition) is 14. The Kier molecular flexibility index (Phi) is 26.8. The smallest absolute Gasteiger partial charge is 0.407 e. The van der Waals surface area contributed by atoms with Gasteiger partial charge in [-0.1, -0.05) is 86.6 Å². The molecule has 71 heavy (non-hydrogen) atoms. The average Bonchev–Trinajstić information content (AvgIpc) is 3.67. The minimum Gasteiger partial charge on any atom is -0.449 e. The molecule has 0 bridgehead atoms. The molecular formula is C52H73N5O14. The third kappa shape index (κ3) is 21.6.